The molecule has 0 spiro atoms. The van der Waals surface area contributed by atoms with Gasteiger partial charge in [-0.2, -0.15) is 0 Å². The molecule has 2 aromatic carbocycles. The van der Waals surface area contributed by atoms with E-state index in [4.69, 9.17) is 0 Å². The van der Waals surface area contributed by atoms with Crippen molar-refractivity contribution in [3.05, 3.63) is 70.8 Å². The number of benzene rings is 2. The summed E-state index contributed by atoms with van der Waals surface area (Å²) in [6.45, 7) is 4.23. The molecule has 0 aliphatic heterocycles. The molecule has 3 heteroatoms. The van der Waals surface area contributed by atoms with Crippen LogP contribution in [-0.4, -0.2) is 5.11 Å². The molecule has 0 bridgehead atoms. The fraction of sp³-hybridized carbons (Fsp3) is 0.294. The Hall–Kier alpha value is -1.74. The predicted octanol–water partition coefficient (Wildman–Crippen LogP) is 4.56. The van der Waals surface area contributed by atoms with E-state index in [9.17, 15) is 13.9 Å². The van der Waals surface area contributed by atoms with Crippen LogP contribution in [0.4, 0.5) is 8.78 Å². The van der Waals surface area contributed by atoms with E-state index < -0.39 is 17.7 Å². The van der Waals surface area contributed by atoms with E-state index in [0.717, 1.165) is 12.5 Å². The lowest BCUT2D eigenvalue weighted by molar-refractivity contribution is 0.213. The molecule has 2 atom stereocenters. The maximum Gasteiger partial charge on any atom is 0.164 e. The molecule has 0 amide bonds. The summed E-state index contributed by atoms with van der Waals surface area (Å²) in [7, 11) is 0. The Morgan fingerprint density at radius 3 is 2.20 bits per heavy atom. The molecule has 0 heterocycles. The molecule has 20 heavy (non-hydrogen) atoms. The van der Waals surface area contributed by atoms with E-state index in [1.54, 1.807) is 12.1 Å². The largest absolute Gasteiger partial charge is 0.384 e. The zero-order valence-electron chi connectivity index (χ0n) is 11.6. The summed E-state index contributed by atoms with van der Waals surface area (Å²) in [5.74, 6) is -1.50. The van der Waals surface area contributed by atoms with Gasteiger partial charge in [-0.1, -0.05) is 50.2 Å². The van der Waals surface area contributed by atoms with E-state index in [0.29, 0.717) is 11.5 Å². The van der Waals surface area contributed by atoms with Gasteiger partial charge >= 0.3 is 0 Å². The van der Waals surface area contributed by atoms with Crippen molar-refractivity contribution in [2.75, 3.05) is 0 Å². The zero-order valence-corrected chi connectivity index (χ0v) is 11.6. The molecule has 0 aliphatic rings. The SMILES string of the molecule is CCC(C)c1ccc(C(O)c2cccc(F)c2F)cc1. The maximum absolute atomic E-state index is 13.7. The Balaban J connectivity index is 2.29. The van der Waals surface area contributed by atoms with E-state index in [1.807, 2.05) is 12.1 Å². The lowest BCUT2D eigenvalue weighted by atomic mass is 9.95. The van der Waals surface area contributed by atoms with Crippen LogP contribution in [0.2, 0.25) is 0 Å². The van der Waals surface area contributed by atoms with Gasteiger partial charge in [0.15, 0.2) is 11.6 Å². The normalized spacial score (nSPS) is 14.1. The zero-order chi connectivity index (χ0) is 14.7. The fourth-order valence-electron chi connectivity index (χ4n) is 2.15. The first-order valence-electron chi connectivity index (χ1n) is 6.76. The first-order valence-corrected chi connectivity index (χ1v) is 6.76. The van der Waals surface area contributed by atoms with Gasteiger partial charge in [-0.3, -0.25) is 0 Å². The molecular weight excluding hydrogens is 258 g/mol. The molecule has 0 fully saturated rings. The van der Waals surface area contributed by atoms with Gasteiger partial charge in [0.2, 0.25) is 0 Å². The Labute approximate surface area is 117 Å². The molecule has 0 aliphatic carbocycles. The Kier molecular flexibility index (Phi) is 4.50. The van der Waals surface area contributed by atoms with Gasteiger partial charge in [0, 0.05) is 5.56 Å². The Morgan fingerprint density at radius 1 is 1.00 bits per heavy atom. The predicted molar refractivity (Wildman–Crippen MR) is 75.6 cm³/mol. The summed E-state index contributed by atoms with van der Waals surface area (Å²) in [4.78, 5) is 0. The second-order valence-corrected chi connectivity index (χ2v) is 5.02. The average Bonchev–Trinajstić information content (AvgIpc) is 2.48. The first kappa shape index (κ1) is 14.7. The van der Waals surface area contributed by atoms with E-state index >= 15 is 0 Å². The van der Waals surface area contributed by atoms with Crippen LogP contribution in [-0.2, 0) is 0 Å². The standard InChI is InChI=1S/C17H18F2O/c1-3-11(2)12-7-9-13(10-8-12)17(20)14-5-4-6-15(18)16(14)19/h4-11,17,20H,3H2,1-2H3. The van der Waals surface area contributed by atoms with E-state index in [2.05, 4.69) is 13.8 Å². The molecule has 1 N–H and O–H groups in total. The van der Waals surface area contributed by atoms with Crippen LogP contribution in [0.25, 0.3) is 0 Å². The minimum absolute atomic E-state index is 0.0405. The quantitative estimate of drug-likeness (QED) is 0.868. The molecular formula is C17H18F2O. The van der Waals surface area contributed by atoms with Gasteiger partial charge in [-0.05, 0) is 29.5 Å². The van der Waals surface area contributed by atoms with Crippen molar-refractivity contribution in [2.45, 2.75) is 32.3 Å². The number of aliphatic hydroxyl groups is 1. The van der Waals surface area contributed by atoms with E-state index in [1.165, 1.54) is 17.7 Å². The van der Waals surface area contributed by atoms with Crippen molar-refractivity contribution in [3.63, 3.8) is 0 Å². The van der Waals surface area contributed by atoms with Crippen molar-refractivity contribution in [2.24, 2.45) is 0 Å². The van der Waals surface area contributed by atoms with Gasteiger partial charge in [0.25, 0.3) is 0 Å². The molecule has 0 saturated carbocycles. The maximum atomic E-state index is 13.7. The molecule has 0 aromatic heterocycles. The van der Waals surface area contributed by atoms with Crippen LogP contribution in [0.3, 0.4) is 0 Å². The summed E-state index contributed by atoms with van der Waals surface area (Å²) >= 11 is 0. The lowest BCUT2D eigenvalue weighted by Crippen LogP contribution is -2.04. The number of aliphatic hydroxyl groups excluding tert-OH is 1. The minimum atomic E-state index is -1.16. The molecule has 2 rings (SSSR count). The highest BCUT2D eigenvalue weighted by atomic mass is 19.2. The summed E-state index contributed by atoms with van der Waals surface area (Å²) in [5.41, 5.74) is 1.69. The first-order chi connectivity index (χ1) is 9.54. The number of hydrogen-bond donors (Lipinski definition) is 1. The van der Waals surface area contributed by atoms with Crippen LogP contribution in [0.15, 0.2) is 42.5 Å². The minimum Gasteiger partial charge on any atom is -0.384 e. The molecule has 106 valence electrons. The number of halogens is 2. The van der Waals surface area contributed by atoms with Crippen molar-refractivity contribution >= 4 is 0 Å². The molecule has 2 unspecified atom stereocenters. The van der Waals surface area contributed by atoms with Crippen LogP contribution < -0.4 is 0 Å². The third-order valence-electron chi connectivity index (χ3n) is 3.71. The second kappa shape index (κ2) is 6.14. The molecule has 1 nitrogen and oxygen atoms in total. The van der Waals surface area contributed by atoms with Crippen LogP contribution in [0.5, 0.6) is 0 Å². The van der Waals surface area contributed by atoms with Crippen molar-refractivity contribution in [3.8, 4) is 0 Å². The van der Waals surface area contributed by atoms with Crippen LogP contribution >= 0.6 is 0 Å². The second-order valence-electron chi connectivity index (χ2n) is 5.02. The van der Waals surface area contributed by atoms with Crippen molar-refractivity contribution in [1.82, 2.24) is 0 Å². The van der Waals surface area contributed by atoms with Gasteiger partial charge in [-0.15, -0.1) is 0 Å². The third-order valence-corrected chi connectivity index (χ3v) is 3.71. The third kappa shape index (κ3) is 2.88. The van der Waals surface area contributed by atoms with Gasteiger partial charge in [-0.25, -0.2) is 8.78 Å². The van der Waals surface area contributed by atoms with Crippen LogP contribution in [0, 0.1) is 11.6 Å². The molecule has 2 aromatic rings. The van der Waals surface area contributed by atoms with Crippen molar-refractivity contribution in [1.29, 1.82) is 0 Å². The molecule has 0 radical (unpaired) electrons. The summed E-state index contributed by atoms with van der Waals surface area (Å²) < 4.78 is 26.8. The van der Waals surface area contributed by atoms with E-state index in [-0.39, 0.29) is 5.56 Å². The highest BCUT2D eigenvalue weighted by Crippen LogP contribution is 2.27. The lowest BCUT2D eigenvalue weighted by Gasteiger charge is -2.15. The summed E-state index contributed by atoms with van der Waals surface area (Å²) in [6.07, 6.45) is -0.128. The number of rotatable bonds is 4. The van der Waals surface area contributed by atoms with Gasteiger partial charge < -0.3 is 5.11 Å². The fourth-order valence-corrected chi connectivity index (χ4v) is 2.15. The number of hydrogen-bond acceptors (Lipinski definition) is 1. The molecule has 0 saturated heterocycles. The van der Waals surface area contributed by atoms with Crippen molar-refractivity contribution < 1.29 is 13.9 Å². The Bertz CT molecular complexity index is 578. The highest BCUT2D eigenvalue weighted by Gasteiger charge is 2.17. The van der Waals surface area contributed by atoms with Gasteiger partial charge in [0.1, 0.15) is 6.10 Å². The van der Waals surface area contributed by atoms with Gasteiger partial charge in [0.05, 0.1) is 0 Å². The van der Waals surface area contributed by atoms with Crippen LogP contribution in [0.1, 0.15) is 49.0 Å². The summed E-state index contributed by atoms with van der Waals surface area (Å²) in [5, 5.41) is 10.2. The summed E-state index contributed by atoms with van der Waals surface area (Å²) in [6, 6.07) is 11.2. The topological polar surface area (TPSA) is 20.2 Å². The smallest absolute Gasteiger partial charge is 0.164 e. The highest BCUT2D eigenvalue weighted by molar-refractivity contribution is 5.33. The monoisotopic (exact) mass is 276 g/mol. The Morgan fingerprint density at radius 2 is 1.60 bits per heavy atom. The average molecular weight is 276 g/mol.